The summed E-state index contributed by atoms with van der Waals surface area (Å²) in [6.45, 7) is 5.25. The van der Waals surface area contributed by atoms with Gasteiger partial charge in [-0.3, -0.25) is 9.36 Å². The lowest BCUT2D eigenvalue weighted by molar-refractivity contribution is -0.870. The van der Waals surface area contributed by atoms with Crippen LogP contribution in [0.15, 0.2) is 85.1 Å². The zero-order valence-corrected chi connectivity index (χ0v) is 45.7. The van der Waals surface area contributed by atoms with Crippen molar-refractivity contribution in [3.63, 3.8) is 0 Å². The first-order chi connectivity index (χ1) is 33.1. The minimum atomic E-state index is -4.55. The Bertz CT molecular complexity index is 1360. The van der Waals surface area contributed by atoms with E-state index in [1.807, 2.05) is 21.1 Å². The van der Waals surface area contributed by atoms with E-state index in [-0.39, 0.29) is 25.8 Å². The Balaban J connectivity index is 4.18. The van der Waals surface area contributed by atoms with Gasteiger partial charge in [0.25, 0.3) is 7.82 Å². The molecule has 2 atom stereocenters. The number of ether oxygens (including phenoxy) is 2. The molecule has 0 aromatic heterocycles. The fourth-order valence-electron chi connectivity index (χ4n) is 7.47. The predicted molar refractivity (Wildman–Crippen MR) is 291 cm³/mol. The van der Waals surface area contributed by atoms with E-state index in [1.165, 1.54) is 109 Å². The molecule has 0 rings (SSSR count). The molecule has 394 valence electrons. The molecule has 9 heteroatoms. The summed E-state index contributed by atoms with van der Waals surface area (Å²) < 4.78 is 34.8. The first-order valence-corrected chi connectivity index (χ1v) is 29.3. The highest BCUT2D eigenvalue weighted by atomic mass is 31.2. The van der Waals surface area contributed by atoms with E-state index in [9.17, 15) is 14.3 Å². The molecule has 0 aliphatic rings. The van der Waals surface area contributed by atoms with Gasteiger partial charge in [0, 0.05) is 13.0 Å². The molecule has 2 unspecified atom stereocenters. The third kappa shape index (κ3) is 54.6. The van der Waals surface area contributed by atoms with Gasteiger partial charge in [0.2, 0.25) is 0 Å². The van der Waals surface area contributed by atoms with Gasteiger partial charge in [0.05, 0.1) is 34.4 Å². The molecule has 0 aliphatic carbocycles. The lowest BCUT2D eigenvalue weighted by Crippen LogP contribution is -2.37. The van der Waals surface area contributed by atoms with E-state index >= 15 is 0 Å². The Morgan fingerprint density at radius 2 is 0.853 bits per heavy atom. The second kappa shape index (κ2) is 51.0. The van der Waals surface area contributed by atoms with Crippen LogP contribution in [-0.4, -0.2) is 70.7 Å². The van der Waals surface area contributed by atoms with Crippen molar-refractivity contribution in [3.8, 4) is 0 Å². The van der Waals surface area contributed by atoms with E-state index in [0.717, 1.165) is 96.3 Å². The van der Waals surface area contributed by atoms with Gasteiger partial charge in [0.15, 0.2) is 0 Å². The largest absolute Gasteiger partial charge is 0.756 e. The lowest BCUT2D eigenvalue weighted by atomic mass is 10.0. The molecule has 0 N–H and O–H groups in total. The number of hydrogen-bond acceptors (Lipinski definition) is 7. The van der Waals surface area contributed by atoms with Crippen LogP contribution in [0.5, 0.6) is 0 Å². The summed E-state index contributed by atoms with van der Waals surface area (Å²) in [5.41, 5.74) is 0. The number of phosphoric ester groups is 1. The Morgan fingerprint density at radius 1 is 0.471 bits per heavy atom. The number of likely N-dealkylation sites (N-methyl/N-ethyl adjacent to an activating group) is 1. The van der Waals surface area contributed by atoms with Crippen LogP contribution in [0.25, 0.3) is 0 Å². The monoisotopic (exact) mass is 972 g/mol. The Kier molecular flexibility index (Phi) is 49.3. The quantitative estimate of drug-likeness (QED) is 0.0197. The van der Waals surface area contributed by atoms with Crippen LogP contribution >= 0.6 is 7.82 Å². The van der Waals surface area contributed by atoms with Crippen molar-refractivity contribution < 1.29 is 37.3 Å². The summed E-state index contributed by atoms with van der Waals surface area (Å²) in [6, 6.07) is 0. The highest BCUT2D eigenvalue weighted by molar-refractivity contribution is 7.45. The highest BCUT2D eigenvalue weighted by Crippen LogP contribution is 2.38. The number of quaternary nitrogens is 1. The molecular weight excluding hydrogens is 866 g/mol. The lowest BCUT2D eigenvalue weighted by Gasteiger charge is -2.28. The second-order valence-corrected chi connectivity index (χ2v) is 21.0. The smallest absolute Gasteiger partial charge is 0.306 e. The van der Waals surface area contributed by atoms with Crippen molar-refractivity contribution in [1.29, 1.82) is 0 Å². The van der Waals surface area contributed by atoms with Crippen LogP contribution in [0.1, 0.15) is 226 Å². The predicted octanol–water partition coefficient (Wildman–Crippen LogP) is 16.9. The molecule has 0 bridgehead atoms. The van der Waals surface area contributed by atoms with Crippen molar-refractivity contribution >= 4 is 13.8 Å². The number of carbonyl (C=O) groups is 1. The van der Waals surface area contributed by atoms with Gasteiger partial charge in [-0.15, -0.1) is 0 Å². The minimum Gasteiger partial charge on any atom is -0.756 e. The van der Waals surface area contributed by atoms with Crippen LogP contribution in [0.4, 0.5) is 0 Å². The summed E-state index contributed by atoms with van der Waals surface area (Å²) in [6.07, 6.45) is 69.0. The Morgan fingerprint density at radius 3 is 1.28 bits per heavy atom. The summed E-state index contributed by atoms with van der Waals surface area (Å²) in [5.74, 6) is -0.342. The second-order valence-electron chi connectivity index (χ2n) is 19.6. The molecule has 0 aromatic rings. The van der Waals surface area contributed by atoms with Gasteiger partial charge >= 0.3 is 5.97 Å². The third-order valence-electron chi connectivity index (χ3n) is 11.7. The SMILES string of the molecule is CC/C=C\C/C=C\C/C=C\C/C=C\C/C=C\C/C=C\C/C=C\CCCCCCOCC(COP(=O)([O-])OCC[N+](C)(C)C)OC(=O)CCCCCCCCCCCCCCCCCCCCCC. The number of hydrogen-bond donors (Lipinski definition) is 0. The third-order valence-corrected chi connectivity index (χ3v) is 12.7. The number of nitrogens with zero attached hydrogens (tertiary/aromatic N) is 1. The molecule has 0 aromatic carbocycles. The summed E-state index contributed by atoms with van der Waals surface area (Å²) in [7, 11) is 1.33. The summed E-state index contributed by atoms with van der Waals surface area (Å²) >= 11 is 0. The van der Waals surface area contributed by atoms with Crippen molar-refractivity contribution in [2.75, 3.05) is 54.1 Å². The number of allylic oxidation sites excluding steroid dienone is 14. The molecule has 0 saturated carbocycles. The van der Waals surface area contributed by atoms with Gasteiger partial charge in [-0.2, -0.15) is 0 Å². The number of carbonyl (C=O) groups excluding carboxylic acids is 1. The van der Waals surface area contributed by atoms with Crippen LogP contribution in [-0.2, 0) is 27.9 Å². The number of unbranched alkanes of at least 4 members (excludes halogenated alkanes) is 23. The van der Waals surface area contributed by atoms with Crippen LogP contribution in [0.3, 0.4) is 0 Å². The average Bonchev–Trinajstić information content (AvgIpc) is 3.30. The van der Waals surface area contributed by atoms with E-state index in [2.05, 4.69) is 98.9 Å². The number of rotatable bonds is 51. The number of esters is 1. The normalized spacial score (nSPS) is 14.1. The van der Waals surface area contributed by atoms with Crippen molar-refractivity contribution in [1.82, 2.24) is 0 Å². The van der Waals surface area contributed by atoms with Gasteiger partial charge in [0.1, 0.15) is 19.3 Å². The van der Waals surface area contributed by atoms with Crippen LogP contribution in [0, 0.1) is 0 Å². The molecule has 8 nitrogen and oxygen atoms in total. The average molecular weight is 972 g/mol. The van der Waals surface area contributed by atoms with Gasteiger partial charge in [-0.05, 0) is 70.6 Å². The van der Waals surface area contributed by atoms with Gasteiger partial charge in [-0.1, -0.05) is 234 Å². The molecule has 0 aliphatic heterocycles. The molecule has 0 radical (unpaired) electrons. The fraction of sp³-hybridized carbons (Fsp3) is 0.746. The van der Waals surface area contributed by atoms with Crippen molar-refractivity contribution in [2.45, 2.75) is 232 Å². The van der Waals surface area contributed by atoms with E-state index in [1.54, 1.807) is 0 Å². The van der Waals surface area contributed by atoms with E-state index < -0.39 is 13.9 Å². The summed E-state index contributed by atoms with van der Waals surface area (Å²) in [4.78, 5) is 25.2. The topological polar surface area (TPSA) is 94.1 Å². The fourth-order valence-corrected chi connectivity index (χ4v) is 8.20. The molecule has 0 fully saturated rings. The Hall–Kier alpha value is -2.32. The molecule has 0 saturated heterocycles. The molecule has 0 spiro atoms. The minimum absolute atomic E-state index is 0.0178. The maximum Gasteiger partial charge on any atom is 0.306 e. The van der Waals surface area contributed by atoms with Gasteiger partial charge in [-0.25, -0.2) is 0 Å². The zero-order valence-electron chi connectivity index (χ0n) is 44.8. The first-order valence-electron chi connectivity index (χ1n) is 27.8. The molecule has 0 heterocycles. The molecule has 68 heavy (non-hydrogen) atoms. The Labute approximate surface area is 420 Å². The maximum absolute atomic E-state index is 12.8. The zero-order chi connectivity index (χ0) is 49.8. The van der Waals surface area contributed by atoms with Crippen molar-refractivity contribution in [2.24, 2.45) is 0 Å². The molecule has 0 amide bonds. The first kappa shape index (κ1) is 65.7. The summed E-state index contributed by atoms with van der Waals surface area (Å²) in [5, 5.41) is 0. The number of phosphoric acid groups is 1. The van der Waals surface area contributed by atoms with E-state index in [4.69, 9.17) is 18.5 Å². The van der Waals surface area contributed by atoms with Crippen LogP contribution < -0.4 is 4.89 Å². The van der Waals surface area contributed by atoms with E-state index in [0.29, 0.717) is 24.1 Å². The maximum atomic E-state index is 12.8. The highest BCUT2D eigenvalue weighted by Gasteiger charge is 2.20. The molecular formula is C59H106NO7P. The van der Waals surface area contributed by atoms with Crippen molar-refractivity contribution in [3.05, 3.63) is 85.1 Å². The van der Waals surface area contributed by atoms with Gasteiger partial charge < -0.3 is 27.9 Å². The standard InChI is InChI=1S/C59H106NO7P/c1-6-8-10-12-14-16-18-20-22-24-26-28-29-30-31-32-33-35-37-39-41-43-45-47-49-51-54-64-56-58(57-66-68(62,63)65-55-53-60(3,4)5)67-59(61)52-50-48-46-44-42-40-38-36-34-27-25-23-21-19-17-15-13-11-9-7-2/h8,10,14,16,20,22,26,28,30-31,33,35,39,41,58H,6-7,9,11-13,15,17-19,21,23-25,27,29,32,34,36-38,40,42-57H2,1-5H3/b10-8-,16-14-,22-20-,28-26-,31-30-,35-33-,41-39-. The van der Waals surface area contributed by atoms with Crippen LogP contribution in [0.2, 0.25) is 0 Å².